The van der Waals surface area contributed by atoms with E-state index < -0.39 is 0 Å². The number of benzene rings is 2. The highest BCUT2D eigenvalue weighted by atomic mass is 79.9. The molecule has 0 saturated heterocycles. The molecule has 1 aromatic heterocycles. The lowest BCUT2D eigenvalue weighted by Gasteiger charge is -2.09. The van der Waals surface area contributed by atoms with Crippen molar-refractivity contribution in [1.29, 1.82) is 0 Å². The van der Waals surface area contributed by atoms with Crippen molar-refractivity contribution in [3.8, 4) is 17.1 Å². The number of nitrogens with one attached hydrogen (secondary N) is 1. The van der Waals surface area contributed by atoms with Crippen LogP contribution in [0, 0.1) is 0 Å². The third kappa shape index (κ3) is 6.09. The van der Waals surface area contributed by atoms with Crippen molar-refractivity contribution in [1.82, 2.24) is 14.8 Å². The first-order valence-corrected chi connectivity index (χ1v) is 11.7. The number of nitrogens with zero attached hydrogens (tertiary/aromatic N) is 3. The van der Waals surface area contributed by atoms with E-state index in [1.54, 1.807) is 0 Å². The molecule has 0 bridgehead atoms. The second kappa shape index (κ2) is 11.2. The fourth-order valence-electron chi connectivity index (χ4n) is 2.79. The minimum atomic E-state index is -0.0805. The second-order valence-corrected chi connectivity index (χ2v) is 8.48. The largest absolute Gasteiger partial charge is 0.494 e. The number of hydrogen-bond donors (Lipinski definition) is 1. The van der Waals surface area contributed by atoms with Crippen molar-refractivity contribution < 1.29 is 9.53 Å². The van der Waals surface area contributed by atoms with Gasteiger partial charge in [0.1, 0.15) is 5.75 Å². The van der Waals surface area contributed by atoms with Gasteiger partial charge in [-0.1, -0.05) is 41.0 Å². The van der Waals surface area contributed by atoms with Crippen LogP contribution in [0.5, 0.6) is 5.75 Å². The molecule has 0 spiro atoms. The molecule has 0 atom stereocenters. The molecule has 30 heavy (non-hydrogen) atoms. The number of hydrogen-bond acceptors (Lipinski definition) is 5. The molecule has 6 nitrogen and oxygen atoms in total. The Morgan fingerprint density at radius 1 is 1.10 bits per heavy atom. The Hall–Kier alpha value is -2.32. The molecule has 0 aliphatic heterocycles. The maximum absolute atomic E-state index is 12.3. The van der Waals surface area contributed by atoms with Gasteiger partial charge in [0.15, 0.2) is 11.0 Å². The molecule has 0 aliphatic carbocycles. The SMILES string of the molecule is CCCCOc1ccc(-c2nnc(SCC(=O)Nc3ccc(Br)cc3)n2CC)cc1. The van der Waals surface area contributed by atoms with Crippen LogP contribution in [0.25, 0.3) is 11.4 Å². The minimum Gasteiger partial charge on any atom is -0.494 e. The Bertz CT molecular complexity index is 958. The Labute approximate surface area is 189 Å². The zero-order chi connectivity index (χ0) is 21.3. The number of anilines is 1. The van der Waals surface area contributed by atoms with Crippen LogP contribution < -0.4 is 10.1 Å². The molecule has 0 radical (unpaired) electrons. The molecular weight excluding hydrogens is 464 g/mol. The standard InChI is InChI=1S/C22H25BrN4O2S/c1-3-5-14-29-19-12-6-16(7-13-19)21-25-26-22(27(21)4-2)30-15-20(28)24-18-10-8-17(23)9-11-18/h6-13H,3-5,14-15H2,1-2H3,(H,24,28). The van der Waals surface area contributed by atoms with E-state index in [-0.39, 0.29) is 11.7 Å². The molecule has 0 aliphatic rings. The number of amides is 1. The van der Waals surface area contributed by atoms with Gasteiger partial charge in [-0.2, -0.15) is 0 Å². The number of unbranched alkanes of at least 4 members (excludes halogenated alkanes) is 1. The Morgan fingerprint density at radius 2 is 1.83 bits per heavy atom. The summed E-state index contributed by atoms with van der Waals surface area (Å²) in [6, 6.07) is 15.4. The molecule has 0 saturated carbocycles. The van der Waals surface area contributed by atoms with Crippen LogP contribution in [0.15, 0.2) is 58.2 Å². The summed E-state index contributed by atoms with van der Waals surface area (Å²) in [6.07, 6.45) is 2.15. The van der Waals surface area contributed by atoms with Crippen LogP contribution in [0.3, 0.4) is 0 Å². The number of thioether (sulfide) groups is 1. The number of rotatable bonds is 10. The highest BCUT2D eigenvalue weighted by molar-refractivity contribution is 9.10. The zero-order valence-electron chi connectivity index (χ0n) is 17.1. The average Bonchev–Trinajstić information content (AvgIpc) is 3.17. The van der Waals surface area contributed by atoms with Crippen LogP contribution >= 0.6 is 27.7 Å². The predicted molar refractivity (Wildman–Crippen MR) is 125 cm³/mol. The molecule has 0 unspecified atom stereocenters. The Balaban J connectivity index is 1.62. The highest BCUT2D eigenvalue weighted by Gasteiger charge is 2.15. The third-order valence-corrected chi connectivity index (χ3v) is 5.87. The van der Waals surface area contributed by atoms with Crippen molar-refractivity contribution >= 4 is 39.3 Å². The van der Waals surface area contributed by atoms with Gasteiger partial charge in [0.2, 0.25) is 5.91 Å². The van der Waals surface area contributed by atoms with Crippen LogP contribution in [-0.2, 0) is 11.3 Å². The molecule has 1 amide bonds. The summed E-state index contributed by atoms with van der Waals surface area (Å²) in [5.41, 5.74) is 1.74. The first-order valence-electron chi connectivity index (χ1n) is 9.95. The molecule has 3 aromatic rings. The number of halogens is 1. The van der Waals surface area contributed by atoms with E-state index in [1.165, 1.54) is 11.8 Å². The summed E-state index contributed by atoms with van der Waals surface area (Å²) in [5, 5.41) is 12.3. The fraction of sp³-hybridized carbons (Fsp3) is 0.318. The molecule has 8 heteroatoms. The average molecular weight is 489 g/mol. The Morgan fingerprint density at radius 3 is 2.50 bits per heavy atom. The van der Waals surface area contributed by atoms with E-state index in [9.17, 15) is 4.79 Å². The Kier molecular flexibility index (Phi) is 8.33. The lowest BCUT2D eigenvalue weighted by Crippen LogP contribution is -2.14. The van der Waals surface area contributed by atoms with E-state index in [2.05, 4.69) is 38.4 Å². The van der Waals surface area contributed by atoms with E-state index in [4.69, 9.17) is 4.74 Å². The zero-order valence-corrected chi connectivity index (χ0v) is 19.5. The van der Waals surface area contributed by atoms with Crippen LogP contribution in [0.2, 0.25) is 0 Å². The lowest BCUT2D eigenvalue weighted by molar-refractivity contribution is -0.113. The quantitative estimate of drug-likeness (QED) is 0.295. The smallest absolute Gasteiger partial charge is 0.234 e. The van der Waals surface area contributed by atoms with Crippen molar-refractivity contribution in [2.45, 2.75) is 38.4 Å². The van der Waals surface area contributed by atoms with Crippen molar-refractivity contribution in [3.05, 3.63) is 53.0 Å². The summed E-state index contributed by atoms with van der Waals surface area (Å²) >= 11 is 4.76. The fourth-order valence-corrected chi connectivity index (χ4v) is 3.86. The summed E-state index contributed by atoms with van der Waals surface area (Å²) in [4.78, 5) is 12.3. The molecule has 2 aromatic carbocycles. The van der Waals surface area contributed by atoms with Gasteiger partial charge in [0.25, 0.3) is 0 Å². The van der Waals surface area contributed by atoms with Crippen molar-refractivity contribution in [2.24, 2.45) is 0 Å². The van der Waals surface area contributed by atoms with Crippen molar-refractivity contribution in [2.75, 3.05) is 17.7 Å². The van der Waals surface area contributed by atoms with Crippen molar-refractivity contribution in [3.63, 3.8) is 0 Å². The van der Waals surface area contributed by atoms with Gasteiger partial charge in [0.05, 0.1) is 12.4 Å². The van der Waals surface area contributed by atoms with Crippen LogP contribution in [0.1, 0.15) is 26.7 Å². The number of carbonyl (C=O) groups excluding carboxylic acids is 1. The van der Waals surface area contributed by atoms with E-state index in [0.717, 1.165) is 51.9 Å². The third-order valence-electron chi connectivity index (χ3n) is 4.37. The number of ether oxygens (including phenoxy) is 1. The van der Waals surface area contributed by atoms with E-state index in [1.807, 2.05) is 60.0 Å². The molecule has 1 heterocycles. The van der Waals surface area contributed by atoms with Gasteiger partial charge in [0, 0.05) is 22.3 Å². The maximum Gasteiger partial charge on any atom is 0.234 e. The predicted octanol–water partition coefficient (Wildman–Crippen LogP) is 5.64. The first kappa shape index (κ1) is 22.4. The van der Waals surface area contributed by atoms with E-state index >= 15 is 0 Å². The highest BCUT2D eigenvalue weighted by Crippen LogP contribution is 2.26. The van der Waals surface area contributed by atoms with Crippen LogP contribution in [-0.4, -0.2) is 33.0 Å². The molecule has 158 valence electrons. The topological polar surface area (TPSA) is 69.0 Å². The normalized spacial score (nSPS) is 10.8. The van der Waals surface area contributed by atoms with Gasteiger partial charge >= 0.3 is 0 Å². The molecule has 1 N–H and O–H groups in total. The number of aromatic nitrogens is 3. The van der Waals surface area contributed by atoms with Gasteiger partial charge in [-0.15, -0.1) is 10.2 Å². The number of carbonyl (C=O) groups is 1. The summed E-state index contributed by atoms with van der Waals surface area (Å²) in [7, 11) is 0. The monoisotopic (exact) mass is 488 g/mol. The van der Waals surface area contributed by atoms with E-state index in [0.29, 0.717) is 6.54 Å². The lowest BCUT2D eigenvalue weighted by atomic mass is 10.2. The molecular formula is C22H25BrN4O2S. The van der Waals surface area contributed by atoms with Crippen LogP contribution in [0.4, 0.5) is 5.69 Å². The van der Waals surface area contributed by atoms with Gasteiger partial charge in [-0.05, 0) is 61.9 Å². The molecule has 0 fully saturated rings. The first-order chi connectivity index (χ1) is 14.6. The van der Waals surface area contributed by atoms with Gasteiger partial charge in [-0.25, -0.2) is 0 Å². The minimum absolute atomic E-state index is 0.0805. The second-order valence-electron chi connectivity index (χ2n) is 6.62. The van der Waals surface area contributed by atoms with Gasteiger partial charge < -0.3 is 14.6 Å². The van der Waals surface area contributed by atoms with Gasteiger partial charge in [-0.3, -0.25) is 4.79 Å². The summed E-state index contributed by atoms with van der Waals surface area (Å²) in [5.74, 6) is 1.82. The summed E-state index contributed by atoms with van der Waals surface area (Å²) in [6.45, 7) is 5.63. The molecule has 3 rings (SSSR count). The maximum atomic E-state index is 12.3. The summed E-state index contributed by atoms with van der Waals surface area (Å²) < 4.78 is 8.71.